The van der Waals surface area contributed by atoms with Crippen LogP contribution in [0.3, 0.4) is 0 Å². The predicted octanol–water partition coefficient (Wildman–Crippen LogP) is 3.06. The zero-order valence-electron chi connectivity index (χ0n) is 17.4. The molecule has 3 aliphatic heterocycles. The molecule has 4 atom stereocenters. The summed E-state index contributed by atoms with van der Waals surface area (Å²) in [5.74, 6) is 1.56. The minimum atomic E-state index is -0.182. The van der Waals surface area contributed by atoms with Crippen LogP contribution >= 0.6 is 0 Å². The van der Waals surface area contributed by atoms with Crippen LogP contribution in [0.5, 0.6) is 0 Å². The highest BCUT2D eigenvalue weighted by Gasteiger charge is 2.40. The van der Waals surface area contributed by atoms with E-state index in [1.54, 1.807) is 24.3 Å². The Morgan fingerprint density at radius 3 is 2.46 bits per heavy atom. The first kappa shape index (κ1) is 20.8. The number of urea groups is 1. The number of rotatable bonds is 8. The van der Waals surface area contributed by atoms with Crippen LogP contribution in [0.15, 0.2) is 24.3 Å². The van der Waals surface area contributed by atoms with Crippen molar-refractivity contribution in [2.45, 2.75) is 39.7 Å². The van der Waals surface area contributed by atoms with Gasteiger partial charge < -0.3 is 15.5 Å². The van der Waals surface area contributed by atoms with Gasteiger partial charge in [-0.05, 0) is 75.5 Å². The summed E-state index contributed by atoms with van der Waals surface area (Å²) in [5, 5.41) is 5.89. The number of amides is 2. The number of nitrogens with zero attached hydrogens (tertiary/aromatic N) is 2. The lowest BCUT2D eigenvalue weighted by Crippen LogP contribution is -2.58. The zero-order chi connectivity index (χ0) is 20.1. The molecule has 2 bridgehead atoms. The maximum absolute atomic E-state index is 12.3. The Hall–Kier alpha value is -1.92. The van der Waals surface area contributed by atoms with Crippen molar-refractivity contribution >= 4 is 17.5 Å². The fourth-order valence-electron chi connectivity index (χ4n) is 4.66. The molecule has 3 heterocycles. The molecule has 3 aliphatic rings. The number of hydrogen-bond acceptors (Lipinski definition) is 4. The lowest BCUT2D eigenvalue weighted by Gasteiger charge is -2.50. The second-order valence-corrected chi connectivity index (χ2v) is 8.15. The van der Waals surface area contributed by atoms with Gasteiger partial charge in [0.05, 0.1) is 0 Å². The van der Waals surface area contributed by atoms with E-state index >= 15 is 0 Å². The van der Waals surface area contributed by atoms with Crippen LogP contribution in [0, 0.1) is 11.8 Å². The van der Waals surface area contributed by atoms with Crippen LogP contribution in [0.1, 0.15) is 44.0 Å². The molecular weight excluding hydrogens is 352 g/mol. The smallest absolute Gasteiger partial charge is 0.319 e. The van der Waals surface area contributed by atoms with Gasteiger partial charge in [0.15, 0.2) is 5.78 Å². The third-order valence-electron chi connectivity index (χ3n) is 6.45. The summed E-state index contributed by atoms with van der Waals surface area (Å²) in [6.45, 7) is 12.5. The number of fused-ring (bicyclic) bond motifs is 3. The second kappa shape index (κ2) is 9.52. The molecule has 6 heteroatoms. The molecule has 0 aliphatic carbocycles. The fraction of sp³-hybridized carbons (Fsp3) is 0.636. The van der Waals surface area contributed by atoms with Crippen LogP contribution in [0.2, 0.25) is 0 Å². The Kier molecular flexibility index (Phi) is 7.08. The summed E-state index contributed by atoms with van der Waals surface area (Å²) >= 11 is 0. The number of anilines is 1. The first-order valence-corrected chi connectivity index (χ1v) is 10.6. The number of carbonyl (C=O) groups is 2. The van der Waals surface area contributed by atoms with Gasteiger partial charge in [0.1, 0.15) is 0 Å². The summed E-state index contributed by atoms with van der Waals surface area (Å²) in [6, 6.07) is 7.26. The van der Waals surface area contributed by atoms with Crippen molar-refractivity contribution in [3.05, 3.63) is 29.8 Å². The van der Waals surface area contributed by atoms with Gasteiger partial charge in [-0.15, -0.1) is 0 Å². The highest BCUT2D eigenvalue weighted by molar-refractivity contribution is 5.95. The van der Waals surface area contributed by atoms with E-state index in [-0.39, 0.29) is 11.8 Å². The molecule has 3 saturated heterocycles. The maximum atomic E-state index is 12.3. The first-order valence-electron chi connectivity index (χ1n) is 10.6. The molecule has 1 aromatic rings. The van der Waals surface area contributed by atoms with Crippen molar-refractivity contribution in [2.24, 2.45) is 11.8 Å². The molecule has 0 aromatic heterocycles. The summed E-state index contributed by atoms with van der Waals surface area (Å²) < 4.78 is 0. The van der Waals surface area contributed by atoms with Gasteiger partial charge in [0.25, 0.3) is 0 Å². The zero-order valence-corrected chi connectivity index (χ0v) is 17.4. The van der Waals surface area contributed by atoms with E-state index < -0.39 is 0 Å². The average Bonchev–Trinajstić information content (AvgIpc) is 2.71. The molecule has 2 amide bonds. The molecule has 0 saturated carbocycles. The SMILES string of the molecule is CCN(CC)C[C@H]1CN2CC[C@H]1C[C@@H]2CNC(=O)Nc1ccc(C(C)=O)cc1. The van der Waals surface area contributed by atoms with Gasteiger partial charge in [-0.25, -0.2) is 4.79 Å². The lowest BCUT2D eigenvalue weighted by atomic mass is 9.75. The van der Waals surface area contributed by atoms with E-state index in [2.05, 4.69) is 34.3 Å². The molecule has 4 rings (SSSR count). The number of nitrogens with one attached hydrogen (secondary N) is 2. The first-order chi connectivity index (χ1) is 13.5. The minimum absolute atomic E-state index is 0.0247. The Morgan fingerprint density at radius 2 is 1.89 bits per heavy atom. The molecule has 6 nitrogen and oxygen atoms in total. The van der Waals surface area contributed by atoms with Gasteiger partial charge in [-0.1, -0.05) is 13.8 Å². The molecule has 0 radical (unpaired) electrons. The number of hydrogen-bond donors (Lipinski definition) is 2. The standard InChI is InChI=1S/C22H34N4O2/c1-4-25(5-2)14-19-15-26-11-10-18(19)12-21(26)13-23-22(28)24-20-8-6-17(7-9-20)16(3)27/h6-9,18-19,21H,4-5,10-15H2,1-3H3,(H2,23,24,28)/t18-,19-,21+/m0/s1. The molecule has 28 heavy (non-hydrogen) atoms. The molecular formula is C22H34N4O2. The molecule has 3 fully saturated rings. The number of benzene rings is 1. The normalized spacial score (nSPS) is 26.3. The van der Waals surface area contributed by atoms with Crippen molar-refractivity contribution in [1.82, 2.24) is 15.1 Å². The largest absolute Gasteiger partial charge is 0.336 e. The second-order valence-electron chi connectivity index (χ2n) is 8.15. The van der Waals surface area contributed by atoms with Crippen LogP contribution in [0.25, 0.3) is 0 Å². The summed E-state index contributed by atoms with van der Waals surface area (Å²) in [6.07, 6.45) is 2.47. The summed E-state index contributed by atoms with van der Waals surface area (Å²) in [5.41, 5.74) is 1.35. The Bertz CT molecular complexity index is 672. The molecule has 0 spiro atoms. The quantitative estimate of drug-likeness (QED) is 0.674. The van der Waals surface area contributed by atoms with Crippen molar-refractivity contribution in [3.8, 4) is 0 Å². The number of piperidine rings is 3. The van der Waals surface area contributed by atoms with E-state index in [0.717, 1.165) is 38.0 Å². The Morgan fingerprint density at radius 1 is 1.18 bits per heavy atom. The number of carbonyl (C=O) groups excluding carboxylic acids is 2. The van der Waals surface area contributed by atoms with Crippen LogP contribution in [-0.4, -0.2) is 66.9 Å². The highest BCUT2D eigenvalue weighted by atomic mass is 16.2. The third-order valence-corrected chi connectivity index (χ3v) is 6.45. The van der Waals surface area contributed by atoms with Crippen LogP contribution in [-0.2, 0) is 0 Å². The van der Waals surface area contributed by atoms with Gasteiger partial charge in [-0.3, -0.25) is 9.69 Å². The van der Waals surface area contributed by atoms with E-state index in [1.165, 1.54) is 26.3 Å². The van der Waals surface area contributed by atoms with E-state index in [0.29, 0.717) is 23.8 Å². The number of Topliss-reactive ketones (excluding diaryl/α,β-unsaturated/α-hetero) is 1. The van der Waals surface area contributed by atoms with E-state index in [9.17, 15) is 9.59 Å². The molecule has 1 aromatic carbocycles. The molecule has 2 N–H and O–H groups in total. The van der Waals surface area contributed by atoms with Crippen molar-refractivity contribution in [2.75, 3.05) is 44.6 Å². The van der Waals surface area contributed by atoms with Crippen LogP contribution < -0.4 is 10.6 Å². The van der Waals surface area contributed by atoms with E-state index in [1.807, 2.05) is 0 Å². The van der Waals surface area contributed by atoms with Crippen LogP contribution in [0.4, 0.5) is 10.5 Å². The molecule has 154 valence electrons. The number of ketones is 1. The highest BCUT2D eigenvalue weighted by Crippen LogP contribution is 2.36. The minimum Gasteiger partial charge on any atom is -0.336 e. The topological polar surface area (TPSA) is 64.7 Å². The van der Waals surface area contributed by atoms with Gasteiger partial charge in [0.2, 0.25) is 0 Å². The van der Waals surface area contributed by atoms with E-state index in [4.69, 9.17) is 0 Å². The fourth-order valence-corrected chi connectivity index (χ4v) is 4.66. The average molecular weight is 387 g/mol. The van der Waals surface area contributed by atoms with Crippen molar-refractivity contribution in [3.63, 3.8) is 0 Å². The predicted molar refractivity (Wildman–Crippen MR) is 113 cm³/mol. The Labute approximate surface area is 168 Å². The van der Waals surface area contributed by atoms with Crippen molar-refractivity contribution in [1.29, 1.82) is 0 Å². The lowest BCUT2D eigenvalue weighted by molar-refractivity contribution is -0.00977. The Balaban J connectivity index is 1.45. The summed E-state index contributed by atoms with van der Waals surface area (Å²) in [4.78, 5) is 28.7. The monoisotopic (exact) mass is 386 g/mol. The summed E-state index contributed by atoms with van der Waals surface area (Å²) in [7, 11) is 0. The third kappa shape index (κ3) is 5.11. The van der Waals surface area contributed by atoms with Crippen molar-refractivity contribution < 1.29 is 9.59 Å². The van der Waals surface area contributed by atoms with Gasteiger partial charge in [-0.2, -0.15) is 0 Å². The maximum Gasteiger partial charge on any atom is 0.319 e. The van der Waals surface area contributed by atoms with Gasteiger partial charge in [0, 0.05) is 36.9 Å². The molecule has 1 unspecified atom stereocenters. The van der Waals surface area contributed by atoms with Gasteiger partial charge >= 0.3 is 6.03 Å².